The van der Waals surface area contributed by atoms with Crippen LogP contribution in [0.5, 0.6) is 0 Å². The van der Waals surface area contributed by atoms with E-state index in [4.69, 9.17) is 5.11 Å². The van der Waals surface area contributed by atoms with E-state index < -0.39 is 0 Å². The van der Waals surface area contributed by atoms with Crippen molar-refractivity contribution in [2.45, 2.75) is 6.42 Å². The predicted octanol–water partition coefficient (Wildman–Crippen LogP) is 1.99. The van der Waals surface area contributed by atoms with Gasteiger partial charge in [-0.1, -0.05) is 29.6 Å². The first-order valence-electron chi connectivity index (χ1n) is 4.70. The van der Waals surface area contributed by atoms with Crippen molar-refractivity contribution < 1.29 is 5.11 Å². The number of nitrogens with one attached hydrogen (secondary N) is 1. The minimum atomic E-state index is -0.0264. The summed E-state index contributed by atoms with van der Waals surface area (Å²) < 4.78 is 0.964. The number of H-pyrrole nitrogens is 1. The highest BCUT2D eigenvalue weighted by atomic mass is 32.1. The molecule has 0 aliphatic carbocycles. The van der Waals surface area contributed by atoms with Crippen LogP contribution in [-0.2, 0) is 0 Å². The van der Waals surface area contributed by atoms with Gasteiger partial charge in [0.15, 0.2) is 0 Å². The monoisotopic (exact) mass is 221 g/mol. The van der Waals surface area contributed by atoms with E-state index in [-0.39, 0.29) is 11.5 Å². The van der Waals surface area contributed by atoms with Crippen LogP contribution >= 0.6 is 11.3 Å². The van der Waals surface area contributed by atoms with Gasteiger partial charge in [0.1, 0.15) is 0 Å². The van der Waals surface area contributed by atoms with E-state index in [1.165, 1.54) is 11.3 Å². The van der Waals surface area contributed by atoms with Gasteiger partial charge in [0.05, 0.1) is 10.2 Å². The fourth-order valence-electron chi connectivity index (χ4n) is 1.36. The van der Waals surface area contributed by atoms with Crippen LogP contribution in [0.25, 0.3) is 16.3 Å². The minimum Gasteiger partial charge on any atom is -0.396 e. The molecule has 0 aliphatic heterocycles. The molecule has 0 bridgehead atoms. The second kappa shape index (κ2) is 4.42. The quantitative estimate of drug-likeness (QED) is 0.832. The molecule has 1 heterocycles. The molecule has 0 saturated carbocycles. The number of aliphatic hydroxyl groups is 1. The highest BCUT2D eigenvalue weighted by molar-refractivity contribution is 7.16. The van der Waals surface area contributed by atoms with Gasteiger partial charge in [0.2, 0.25) is 0 Å². The maximum absolute atomic E-state index is 11.1. The van der Waals surface area contributed by atoms with Crippen LogP contribution in [0.3, 0.4) is 0 Å². The Morgan fingerprint density at radius 3 is 3.13 bits per heavy atom. The van der Waals surface area contributed by atoms with E-state index in [0.29, 0.717) is 6.42 Å². The van der Waals surface area contributed by atoms with Crippen LogP contribution in [0, 0.1) is 0 Å². The molecule has 2 N–H and O–H groups in total. The molecule has 0 aliphatic rings. The van der Waals surface area contributed by atoms with Crippen LogP contribution in [-0.4, -0.2) is 16.7 Å². The van der Waals surface area contributed by atoms with Crippen molar-refractivity contribution in [2.24, 2.45) is 0 Å². The van der Waals surface area contributed by atoms with Gasteiger partial charge >= 0.3 is 4.87 Å². The number of benzene rings is 1. The molecule has 0 amide bonds. The van der Waals surface area contributed by atoms with Crippen molar-refractivity contribution in [1.29, 1.82) is 0 Å². The zero-order valence-electron chi connectivity index (χ0n) is 8.06. The van der Waals surface area contributed by atoms with Crippen LogP contribution in [0.4, 0.5) is 0 Å². The minimum absolute atomic E-state index is 0.0264. The molecule has 1 aromatic carbocycles. The number of thiazole rings is 1. The summed E-state index contributed by atoms with van der Waals surface area (Å²) in [5, 5.41) is 8.62. The van der Waals surface area contributed by atoms with Crippen molar-refractivity contribution in [3.63, 3.8) is 0 Å². The highest BCUT2D eigenvalue weighted by Gasteiger charge is 1.98. The first-order valence-corrected chi connectivity index (χ1v) is 5.51. The molecule has 0 saturated heterocycles. The average molecular weight is 221 g/mol. The van der Waals surface area contributed by atoms with Crippen molar-refractivity contribution in [3.8, 4) is 0 Å². The molecule has 4 heteroatoms. The van der Waals surface area contributed by atoms with Crippen molar-refractivity contribution >= 4 is 27.6 Å². The second-order valence-corrected chi connectivity index (χ2v) is 4.20. The summed E-state index contributed by atoms with van der Waals surface area (Å²) in [5.74, 6) is 0. The molecule has 15 heavy (non-hydrogen) atoms. The van der Waals surface area contributed by atoms with Crippen molar-refractivity contribution in [3.05, 3.63) is 39.5 Å². The molecule has 1 aromatic heterocycles. The number of fused-ring (bicyclic) bond motifs is 1. The third-order valence-corrected chi connectivity index (χ3v) is 2.90. The lowest BCUT2D eigenvalue weighted by molar-refractivity contribution is 0.303. The Labute approximate surface area is 90.7 Å². The number of aromatic amines is 1. The van der Waals surface area contributed by atoms with E-state index in [0.717, 1.165) is 15.8 Å². The molecule has 2 aromatic rings. The van der Waals surface area contributed by atoms with E-state index in [1.54, 1.807) is 0 Å². The summed E-state index contributed by atoms with van der Waals surface area (Å²) in [7, 11) is 0. The average Bonchev–Trinajstić information content (AvgIpc) is 2.57. The Hall–Kier alpha value is -1.39. The summed E-state index contributed by atoms with van der Waals surface area (Å²) in [4.78, 5) is 13.8. The molecule has 0 radical (unpaired) electrons. The highest BCUT2D eigenvalue weighted by Crippen LogP contribution is 2.17. The summed E-state index contributed by atoms with van der Waals surface area (Å²) in [5.41, 5.74) is 1.93. The lowest BCUT2D eigenvalue weighted by Crippen LogP contribution is -1.89. The third kappa shape index (κ3) is 2.34. The zero-order chi connectivity index (χ0) is 10.7. The maximum atomic E-state index is 11.1. The normalized spacial score (nSPS) is 11.5. The summed E-state index contributed by atoms with van der Waals surface area (Å²) in [6.45, 7) is 0.163. The third-order valence-electron chi connectivity index (χ3n) is 2.05. The second-order valence-electron chi connectivity index (χ2n) is 3.18. The Balaban J connectivity index is 2.34. The molecule has 3 nitrogen and oxygen atoms in total. The number of hydrogen-bond acceptors (Lipinski definition) is 3. The largest absolute Gasteiger partial charge is 0.396 e. The molecular formula is C11H11NO2S. The van der Waals surface area contributed by atoms with Gasteiger partial charge in [-0.3, -0.25) is 4.79 Å². The first-order chi connectivity index (χ1) is 7.29. The van der Waals surface area contributed by atoms with Gasteiger partial charge in [-0.15, -0.1) is 0 Å². The number of aromatic nitrogens is 1. The van der Waals surface area contributed by atoms with Crippen LogP contribution in [0.1, 0.15) is 12.0 Å². The summed E-state index contributed by atoms with van der Waals surface area (Å²) in [6, 6.07) is 5.80. The fourth-order valence-corrected chi connectivity index (χ4v) is 2.14. The lowest BCUT2D eigenvalue weighted by Gasteiger charge is -1.93. The number of hydrogen-bond donors (Lipinski definition) is 2. The zero-order valence-corrected chi connectivity index (χ0v) is 8.88. The smallest absolute Gasteiger partial charge is 0.305 e. The van der Waals surface area contributed by atoms with E-state index in [1.807, 2.05) is 30.4 Å². The molecule has 0 fully saturated rings. The van der Waals surface area contributed by atoms with Crippen LogP contribution in [0.15, 0.2) is 29.1 Å². The maximum Gasteiger partial charge on any atom is 0.305 e. The van der Waals surface area contributed by atoms with Crippen molar-refractivity contribution in [2.75, 3.05) is 6.61 Å². The Morgan fingerprint density at radius 1 is 1.47 bits per heavy atom. The van der Waals surface area contributed by atoms with E-state index >= 15 is 0 Å². The SMILES string of the molecule is O=c1[nH]c2ccc(C=CCCO)cc2s1. The topological polar surface area (TPSA) is 53.1 Å². The molecule has 0 unspecified atom stereocenters. The number of aliphatic hydroxyl groups excluding tert-OH is 1. The molecule has 78 valence electrons. The van der Waals surface area contributed by atoms with Gasteiger partial charge in [0, 0.05) is 6.61 Å². The van der Waals surface area contributed by atoms with Gasteiger partial charge in [0.25, 0.3) is 0 Å². The summed E-state index contributed by atoms with van der Waals surface area (Å²) in [6.07, 6.45) is 4.51. The van der Waals surface area contributed by atoms with Gasteiger partial charge in [-0.05, 0) is 24.1 Å². The first kappa shape index (κ1) is 10.1. The number of rotatable bonds is 3. The predicted molar refractivity (Wildman–Crippen MR) is 63.2 cm³/mol. The Bertz CT molecular complexity index is 539. The molecule has 0 spiro atoms. The molecular weight excluding hydrogens is 210 g/mol. The lowest BCUT2D eigenvalue weighted by atomic mass is 10.2. The van der Waals surface area contributed by atoms with Crippen LogP contribution in [0.2, 0.25) is 0 Å². The summed E-state index contributed by atoms with van der Waals surface area (Å²) >= 11 is 1.21. The standard InChI is InChI=1S/C11H11NO2S/c13-6-2-1-3-8-4-5-9-10(7-8)15-11(14)12-9/h1,3-5,7,13H,2,6H2,(H,12,14). The van der Waals surface area contributed by atoms with Crippen molar-refractivity contribution in [1.82, 2.24) is 4.98 Å². The molecule has 0 atom stereocenters. The molecule has 2 rings (SSSR count). The Kier molecular flexibility index (Phi) is 2.99. The van der Waals surface area contributed by atoms with Gasteiger partial charge in [-0.25, -0.2) is 0 Å². The van der Waals surface area contributed by atoms with Crippen LogP contribution < -0.4 is 4.87 Å². The fraction of sp³-hybridized carbons (Fsp3) is 0.182. The van der Waals surface area contributed by atoms with Gasteiger partial charge in [-0.2, -0.15) is 0 Å². The Morgan fingerprint density at radius 2 is 2.33 bits per heavy atom. The van der Waals surface area contributed by atoms with E-state index in [2.05, 4.69) is 4.98 Å². The van der Waals surface area contributed by atoms with Gasteiger partial charge < -0.3 is 10.1 Å². The van der Waals surface area contributed by atoms with E-state index in [9.17, 15) is 4.79 Å².